The van der Waals surface area contributed by atoms with Gasteiger partial charge in [-0.2, -0.15) is 0 Å². The Kier molecular flexibility index (Phi) is 7.08. The lowest BCUT2D eigenvalue weighted by Crippen LogP contribution is -2.30. The number of sulfonamides is 1. The van der Waals surface area contributed by atoms with Crippen LogP contribution >= 0.6 is 23.2 Å². The summed E-state index contributed by atoms with van der Waals surface area (Å²) in [5.74, 6) is 0.556. The molecule has 1 N–H and O–H groups in total. The van der Waals surface area contributed by atoms with E-state index < -0.39 is 10.0 Å². The maximum atomic E-state index is 12.8. The van der Waals surface area contributed by atoms with Crippen molar-refractivity contribution in [2.75, 3.05) is 13.1 Å². The van der Waals surface area contributed by atoms with Gasteiger partial charge in [0.15, 0.2) is 0 Å². The molecule has 1 atom stereocenters. The zero-order valence-corrected chi connectivity index (χ0v) is 19.9. The molecule has 6 nitrogen and oxygen atoms in total. The number of hydrogen-bond donors (Lipinski definition) is 1. The first-order valence-electron chi connectivity index (χ1n) is 10.8. The normalized spacial score (nSPS) is 20.4. The van der Waals surface area contributed by atoms with E-state index in [1.807, 2.05) is 17.0 Å². The zero-order chi connectivity index (χ0) is 22.7. The van der Waals surface area contributed by atoms with E-state index in [0.29, 0.717) is 34.4 Å². The molecule has 9 heteroatoms. The summed E-state index contributed by atoms with van der Waals surface area (Å²) < 4.78 is 26.7. The average Bonchev–Trinajstić information content (AvgIpc) is 3.36. The monoisotopic (exact) mass is 493 g/mol. The number of unbranched alkanes of at least 4 members (excludes halogenated alkanes) is 2. The molecule has 1 amide bonds. The molecule has 170 valence electrons. The van der Waals surface area contributed by atoms with Gasteiger partial charge >= 0.3 is 0 Å². The molecule has 2 aromatic rings. The Morgan fingerprint density at radius 3 is 2.72 bits per heavy atom. The fourth-order valence-corrected chi connectivity index (χ4v) is 5.84. The summed E-state index contributed by atoms with van der Waals surface area (Å²) in [5, 5.41) is 1.03. The molecule has 4 rings (SSSR count). The summed E-state index contributed by atoms with van der Waals surface area (Å²) in [6.45, 7) is 1.27. The summed E-state index contributed by atoms with van der Waals surface area (Å²) >= 11 is 12.2. The van der Waals surface area contributed by atoms with E-state index in [4.69, 9.17) is 23.2 Å². The van der Waals surface area contributed by atoms with Crippen LogP contribution < -0.4 is 4.72 Å². The molecule has 0 bridgehead atoms. The third-order valence-electron chi connectivity index (χ3n) is 5.88. The minimum Gasteiger partial charge on any atom is -0.336 e. The molecule has 0 radical (unpaired) electrons. The number of aliphatic imine (C=N–C) groups is 1. The van der Waals surface area contributed by atoms with Crippen LogP contribution in [0.3, 0.4) is 0 Å². The van der Waals surface area contributed by atoms with Crippen LogP contribution in [0, 0.1) is 0 Å². The van der Waals surface area contributed by atoms with Crippen molar-refractivity contribution in [1.82, 2.24) is 9.62 Å². The topological polar surface area (TPSA) is 78.8 Å². The van der Waals surface area contributed by atoms with Crippen LogP contribution in [0.5, 0.6) is 0 Å². The molecule has 1 fully saturated rings. The van der Waals surface area contributed by atoms with Gasteiger partial charge in [-0.1, -0.05) is 47.8 Å². The Morgan fingerprint density at radius 1 is 1.09 bits per heavy atom. The summed E-state index contributed by atoms with van der Waals surface area (Å²) in [7, 11) is -3.50. The van der Waals surface area contributed by atoms with Gasteiger partial charge in [-0.25, -0.2) is 8.42 Å². The molecular weight excluding hydrogens is 469 g/mol. The van der Waals surface area contributed by atoms with Gasteiger partial charge in [0.1, 0.15) is 5.84 Å². The third-order valence-corrected chi connectivity index (χ3v) is 8.02. The van der Waals surface area contributed by atoms with Crippen LogP contribution in [-0.4, -0.2) is 38.2 Å². The molecule has 2 aliphatic rings. The number of halogens is 2. The lowest BCUT2D eigenvalue weighted by Gasteiger charge is -2.25. The average molecular weight is 494 g/mol. The van der Waals surface area contributed by atoms with Crippen molar-refractivity contribution in [3.8, 4) is 0 Å². The van der Waals surface area contributed by atoms with Crippen molar-refractivity contribution >= 4 is 45.0 Å². The minimum atomic E-state index is -3.50. The number of nitrogens with zero attached hydrogens (tertiary/aromatic N) is 2. The highest BCUT2D eigenvalue weighted by molar-refractivity contribution is 7.90. The van der Waals surface area contributed by atoms with E-state index in [9.17, 15) is 13.2 Å². The Bertz CT molecular complexity index is 1150. The van der Waals surface area contributed by atoms with E-state index in [1.54, 1.807) is 30.3 Å². The van der Waals surface area contributed by atoms with Gasteiger partial charge in [-0.15, -0.1) is 0 Å². The van der Waals surface area contributed by atoms with Crippen molar-refractivity contribution in [1.29, 1.82) is 0 Å². The maximum Gasteiger partial charge on any atom is 0.263 e. The van der Waals surface area contributed by atoms with E-state index in [1.165, 1.54) is 0 Å². The number of carbonyl (C=O) groups is 1. The first-order chi connectivity index (χ1) is 15.4. The minimum absolute atomic E-state index is 0.0547. The number of benzene rings is 2. The largest absolute Gasteiger partial charge is 0.336 e. The maximum absolute atomic E-state index is 12.8. The Labute approximate surface area is 198 Å². The van der Waals surface area contributed by atoms with Gasteiger partial charge in [-0.3, -0.25) is 14.5 Å². The van der Waals surface area contributed by atoms with E-state index in [0.717, 1.165) is 44.2 Å². The quantitative estimate of drug-likeness (QED) is 0.553. The second-order valence-electron chi connectivity index (χ2n) is 8.06. The predicted molar refractivity (Wildman–Crippen MR) is 127 cm³/mol. The number of rotatable bonds is 7. The lowest BCUT2D eigenvalue weighted by molar-refractivity contribution is -0.132. The number of likely N-dealkylation sites (tertiary alicyclic amines) is 1. The summed E-state index contributed by atoms with van der Waals surface area (Å²) in [4.78, 5) is 19.4. The van der Waals surface area contributed by atoms with Gasteiger partial charge < -0.3 is 4.90 Å². The second-order valence-corrected chi connectivity index (χ2v) is 10.5. The van der Waals surface area contributed by atoms with Crippen LogP contribution in [0.25, 0.3) is 0 Å². The van der Waals surface area contributed by atoms with Gasteiger partial charge in [0.2, 0.25) is 5.91 Å². The molecule has 1 unspecified atom stereocenters. The summed E-state index contributed by atoms with van der Waals surface area (Å²) in [6.07, 6.45) is 4.81. The molecule has 32 heavy (non-hydrogen) atoms. The lowest BCUT2D eigenvalue weighted by atomic mass is 10.0. The fraction of sp³-hybridized carbons (Fsp3) is 0.391. The molecule has 2 aliphatic heterocycles. The smallest absolute Gasteiger partial charge is 0.263 e. The van der Waals surface area contributed by atoms with Crippen molar-refractivity contribution in [2.24, 2.45) is 4.99 Å². The van der Waals surface area contributed by atoms with Crippen molar-refractivity contribution in [2.45, 2.75) is 49.5 Å². The van der Waals surface area contributed by atoms with Crippen LogP contribution in [0.15, 0.2) is 52.4 Å². The van der Waals surface area contributed by atoms with Crippen molar-refractivity contribution < 1.29 is 13.2 Å². The molecule has 0 spiro atoms. The molecule has 0 aromatic heterocycles. The molecule has 0 saturated carbocycles. The Morgan fingerprint density at radius 2 is 1.91 bits per heavy atom. The highest BCUT2D eigenvalue weighted by Crippen LogP contribution is 2.35. The van der Waals surface area contributed by atoms with Crippen LogP contribution in [-0.2, 0) is 14.8 Å². The molecule has 0 aliphatic carbocycles. The van der Waals surface area contributed by atoms with Gasteiger partial charge in [0.25, 0.3) is 10.0 Å². The SMILES string of the molecule is O=C(CCCCCN=C1NS(=O)(=O)c2ccccc21)N1CCCC1c1ccc(Cl)c(Cl)c1. The van der Waals surface area contributed by atoms with Crippen LogP contribution in [0.2, 0.25) is 10.0 Å². The van der Waals surface area contributed by atoms with Crippen LogP contribution in [0.4, 0.5) is 0 Å². The zero-order valence-electron chi connectivity index (χ0n) is 17.6. The van der Waals surface area contributed by atoms with E-state index in [2.05, 4.69) is 9.71 Å². The highest BCUT2D eigenvalue weighted by Gasteiger charge is 2.31. The second kappa shape index (κ2) is 9.81. The predicted octanol–water partition coefficient (Wildman–Crippen LogP) is 4.96. The Balaban J connectivity index is 1.25. The van der Waals surface area contributed by atoms with Crippen molar-refractivity contribution in [3.05, 3.63) is 63.6 Å². The number of fused-ring (bicyclic) bond motifs is 1. The number of amides is 1. The molecule has 2 heterocycles. The van der Waals surface area contributed by atoms with Crippen LogP contribution in [0.1, 0.15) is 55.7 Å². The third kappa shape index (κ3) is 4.95. The van der Waals surface area contributed by atoms with Crippen molar-refractivity contribution in [3.63, 3.8) is 0 Å². The number of amidine groups is 1. The molecule has 2 aromatic carbocycles. The number of carbonyl (C=O) groups excluding carboxylic acids is 1. The molecule has 1 saturated heterocycles. The standard InChI is InChI=1S/C23H25Cl2N3O3S/c24-18-12-11-16(15-19(18)25)20-8-6-14-28(20)22(29)10-2-1-5-13-26-23-17-7-3-4-9-21(17)32(30,31)27-23/h3-4,7,9,11-12,15,20H,1-2,5-6,8,10,13-14H2,(H,26,27). The first kappa shape index (κ1) is 23.1. The number of hydrogen-bond acceptors (Lipinski definition) is 4. The van der Waals surface area contributed by atoms with E-state index in [-0.39, 0.29) is 16.8 Å². The molecular formula is C23H25Cl2N3O3S. The number of nitrogens with one attached hydrogen (secondary N) is 1. The summed E-state index contributed by atoms with van der Waals surface area (Å²) in [6, 6.07) is 12.5. The highest BCUT2D eigenvalue weighted by atomic mass is 35.5. The van der Waals surface area contributed by atoms with Gasteiger partial charge in [0, 0.05) is 25.1 Å². The van der Waals surface area contributed by atoms with E-state index >= 15 is 0 Å². The van der Waals surface area contributed by atoms with Gasteiger partial charge in [-0.05, 0) is 55.5 Å². The fourth-order valence-electron chi connectivity index (χ4n) is 4.28. The summed E-state index contributed by atoms with van der Waals surface area (Å²) in [5.41, 5.74) is 1.64. The van der Waals surface area contributed by atoms with Gasteiger partial charge in [0.05, 0.1) is 21.0 Å². The first-order valence-corrected chi connectivity index (χ1v) is 13.0. The Hall–Kier alpha value is -2.09.